The monoisotopic (exact) mass is 477 g/mol. The lowest BCUT2D eigenvalue weighted by Gasteiger charge is -2.27. The number of Topliss-reactive ketones (excluding diaryl/α,β-unsaturated/α-hetero) is 1. The summed E-state index contributed by atoms with van der Waals surface area (Å²) in [6.45, 7) is 4.29. The third kappa shape index (κ3) is 4.13. The van der Waals surface area contributed by atoms with Gasteiger partial charge in [-0.1, -0.05) is 35.9 Å². The Labute approximate surface area is 203 Å². The number of hydrogen-bond donors (Lipinski definition) is 1. The molecule has 0 aromatic heterocycles. The number of ketones is 1. The highest BCUT2D eigenvalue weighted by atomic mass is 35.5. The summed E-state index contributed by atoms with van der Waals surface area (Å²) in [4.78, 5) is 28.1. The van der Waals surface area contributed by atoms with Gasteiger partial charge in [-0.3, -0.25) is 14.5 Å². The number of amides is 1. The van der Waals surface area contributed by atoms with E-state index < -0.39 is 17.7 Å². The number of hydrogen-bond acceptors (Lipinski definition) is 5. The van der Waals surface area contributed by atoms with E-state index in [1.54, 1.807) is 36.4 Å². The standard InChI is InChI=1S/C27H24ClNO5/c1-4-34-19-12-10-18(11-13-19)29-24(20-8-6-5-7-16(20)2)23(26(31)27(29)32)25(30)21-15-17(28)9-14-22(21)33-3/h5-15,24,30H,4H2,1-3H3/b25-23+. The largest absolute Gasteiger partial charge is 0.507 e. The Morgan fingerprint density at radius 2 is 1.76 bits per heavy atom. The molecule has 0 bridgehead atoms. The highest BCUT2D eigenvalue weighted by Crippen LogP contribution is 2.44. The Morgan fingerprint density at radius 3 is 2.41 bits per heavy atom. The lowest BCUT2D eigenvalue weighted by atomic mass is 9.92. The maximum absolute atomic E-state index is 13.3. The topological polar surface area (TPSA) is 76.1 Å². The first-order valence-corrected chi connectivity index (χ1v) is 11.2. The van der Waals surface area contributed by atoms with Crippen molar-refractivity contribution in [1.29, 1.82) is 0 Å². The number of nitrogens with zero attached hydrogens (tertiary/aromatic N) is 1. The molecular weight excluding hydrogens is 454 g/mol. The van der Waals surface area contributed by atoms with Crippen LogP contribution in [-0.2, 0) is 9.59 Å². The van der Waals surface area contributed by atoms with Crippen LogP contribution in [0.3, 0.4) is 0 Å². The normalized spacial score (nSPS) is 17.2. The van der Waals surface area contributed by atoms with Crippen LogP contribution in [0.15, 0.2) is 72.3 Å². The SMILES string of the molecule is CCOc1ccc(N2C(=O)C(=O)/C(=C(/O)c3cc(Cl)ccc3OC)C2c2ccccc2C)cc1. The van der Waals surface area contributed by atoms with E-state index in [0.717, 1.165) is 11.1 Å². The average Bonchev–Trinajstić information content (AvgIpc) is 3.10. The molecule has 0 spiro atoms. The van der Waals surface area contributed by atoms with E-state index in [4.69, 9.17) is 21.1 Å². The number of aliphatic hydroxyl groups excluding tert-OH is 1. The Balaban J connectivity index is 1.95. The van der Waals surface area contributed by atoms with Gasteiger partial charge in [0, 0.05) is 10.7 Å². The summed E-state index contributed by atoms with van der Waals surface area (Å²) >= 11 is 6.17. The molecule has 1 heterocycles. The Kier molecular flexibility index (Phi) is 6.61. The van der Waals surface area contributed by atoms with E-state index in [2.05, 4.69) is 0 Å². The molecule has 1 amide bonds. The first-order chi connectivity index (χ1) is 16.4. The smallest absolute Gasteiger partial charge is 0.300 e. The molecule has 174 valence electrons. The number of benzene rings is 3. The van der Waals surface area contributed by atoms with E-state index in [0.29, 0.717) is 28.8 Å². The zero-order valence-corrected chi connectivity index (χ0v) is 19.8. The van der Waals surface area contributed by atoms with Crippen molar-refractivity contribution in [1.82, 2.24) is 0 Å². The first-order valence-electron chi connectivity index (χ1n) is 10.8. The summed E-state index contributed by atoms with van der Waals surface area (Å²) in [5.74, 6) is -0.891. The van der Waals surface area contributed by atoms with E-state index in [1.165, 1.54) is 18.1 Å². The van der Waals surface area contributed by atoms with Crippen LogP contribution in [-0.4, -0.2) is 30.5 Å². The second-order valence-corrected chi connectivity index (χ2v) is 8.23. The molecule has 0 saturated carbocycles. The van der Waals surface area contributed by atoms with Crippen molar-refractivity contribution in [2.75, 3.05) is 18.6 Å². The van der Waals surface area contributed by atoms with Crippen molar-refractivity contribution in [2.24, 2.45) is 0 Å². The Bertz CT molecular complexity index is 1280. The number of anilines is 1. The van der Waals surface area contributed by atoms with Crippen molar-refractivity contribution < 1.29 is 24.2 Å². The molecule has 7 heteroatoms. The lowest BCUT2D eigenvalue weighted by molar-refractivity contribution is -0.132. The van der Waals surface area contributed by atoms with Gasteiger partial charge in [0.15, 0.2) is 0 Å². The number of rotatable bonds is 6. The van der Waals surface area contributed by atoms with Crippen molar-refractivity contribution in [2.45, 2.75) is 19.9 Å². The molecule has 1 saturated heterocycles. The zero-order chi connectivity index (χ0) is 24.4. The summed E-state index contributed by atoms with van der Waals surface area (Å²) in [7, 11) is 1.46. The molecular formula is C27H24ClNO5. The number of halogens is 1. The third-order valence-electron chi connectivity index (χ3n) is 5.77. The number of aliphatic hydroxyl groups is 1. The molecule has 1 aliphatic heterocycles. The number of ether oxygens (including phenoxy) is 2. The number of carbonyl (C=O) groups is 2. The minimum absolute atomic E-state index is 0.0336. The van der Waals surface area contributed by atoms with Gasteiger partial charge >= 0.3 is 0 Å². The maximum Gasteiger partial charge on any atom is 0.300 e. The van der Waals surface area contributed by atoms with E-state index >= 15 is 0 Å². The summed E-state index contributed by atoms with van der Waals surface area (Å²) in [6, 6.07) is 18.3. The maximum atomic E-state index is 13.3. The molecule has 3 aromatic carbocycles. The van der Waals surface area contributed by atoms with Gasteiger partial charge in [-0.15, -0.1) is 0 Å². The summed E-state index contributed by atoms with van der Waals surface area (Å²) in [6.07, 6.45) is 0. The van der Waals surface area contributed by atoms with Crippen LogP contribution in [0, 0.1) is 6.92 Å². The number of carbonyl (C=O) groups excluding carboxylic acids is 2. The van der Waals surface area contributed by atoms with E-state index in [9.17, 15) is 14.7 Å². The third-order valence-corrected chi connectivity index (χ3v) is 6.01. The van der Waals surface area contributed by atoms with Crippen molar-refractivity contribution in [3.8, 4) is 11.5 Å². The van der Waals surface area contributed by atoms with Crippen molar-refractivity contribution in [3.63, 3.8) is 0 Å². The van der Waals surface area contributed by atoms with Crippen molar-refractivity contribution >= 4 is 34.7 Å². The fraction of sp³-hybridized carbons (Fsp3) is 0.185. The zero-order valence-electron chi connectivity index (χ0n) is 19.0. The van der Waals surface area contributed by atoms with Crippen LogP contribution < -0.4 is 14.4 Å². The Hall–Kier alpha value is -3.77. The molecule has 1 unspecified atom stereocenters. The van der Waals surface area contributed by atoms with Crippen LogP contribution in [0.2, 0.25) is 5.02 Å². The van der Waals surface area contributed by atoms with Gasteiger partial charge in [0.2, 0.25) is 0 Å². The van der Waals surface area contributed by atoms with Gasteiger partial charge in [-0.25, -0.2) is 0 Å². The fourth-order valence-electron chi connectivity index (χ4n) is 4.17. The van der Waals surface area contributed by atoms with Crippen LogP contribution in [0.25, 0.3) is 5.76 Å². The molecule has 0 radical (unpaired) electrons. The highest BCUT2D eigenvalue weighted by molar-refractivity contribution is 6.51. The molecule has 3 aromatic rings. The van der Waals surface area contributed by atoms with Gasteiger partial charge in [-0.2, -0.15) is 0 Å². The molecule has 34 heavy (non-hydrogen) atoms. The van der Waals surface area contributed by atoms with Gasteiger partial charge in [0.25, 0.3) is 11.7 Å². The summed E-state index contributed by atoms with van der Waals surface area (Å²) in [5, 5.41) is 11.7. The molecule has 6 nitrogen and oxygen atoms in total. The van der Waals surface area contributed by atoms with Crippen LogP contribution in [0.5, 0.6) is 11.5 Å². The predicted octanol–water partition coefficient (Wildman–Crippen LogP) is 5.68. The number of methoxy groups -OCH3 is 1. The summed E-state index contributed by atoms with van der Waals surface area (Å²) in [5.41, 5.74) is 2.30. The first kappa shape index (κ1) is 23.4. The van der Waals surface area contributed by atoms with Gasteiger partial charge < -0.3 is 14.6 Å². The van der Waals surface area contributed by atoms with Gasteiger partial charge in [0.05, 0.1) is 30.9 Å². The van der Waals surface area contributed by atoms with Crippen LogP contribution in [0.1, 0.15) is 29.7 Å². The summed E-state index contributed by atoms with van der Waals surface area (Å²) < 4.78 is 10.9. The molecule has 1 aliphatic rings. The number of aryl methyl sites for hydroxylation is 1. The Morgan fingerprint density at radius 1 is 1.06 bits per heavy atom. The highest BCUT2D eigenvalue weighted by Gasteiger charge is 2.47. The minimum atomic E-state index is -0.845. The molecule has 0 aliphatic carbocycles. The minimum Gasteiger partial charge on any atom is -0.507 e. The van der Waals surface area contributed by atoms with Gasteiger partial charge in [-0.05, 0) is 67.4 Å². The predicted molar refractivity (Wildman–Crippen MR) is 132 cm³/mol. The second-order valence-electron chi connectivity index (χ2n) is 7.80. The average molecular weight is 478 g/mol. The molecule has 1 fully saturated rings. The fourth-order valence-corrected chi connectivity index (χ4v) is 4.34. The quantitative estimate of drug-likeness (QED) is 0.281. The van der Waals surface area contributed by atoms with Crippen LogP contribution >= 0.6 is 11.6 Å². The van der Waals surface area contributed by atoms with E-state index in [1.807, 2.05) is 38.1 Å². The van der Waals surface area contributed by atoms with E-state index in [-0.39, 0.29) is 16.9 Å². The molecule has 1 atom stereocenters. The lowest BCUT2D eigenvalue weighted by Crippen LogP contribution is -2.29. The van der Waals surface area contributed by atoms with Crippen molar-refractivity contribution in [3.05, 3.63) is 94.0 Å². The van der Waals surface area contributed by atoms with Gasteiger partial charge in [0.1, 0.15) is 17.3 Å². The second kappa shape index (κ2) is 9.61. The van der Waals surface area contributed by atoms with Crippen LogP contribution in [0.4, 0.5) is 5.69 Å². The molecule has 4 rings (SSSR count). The molecule has 1 N–H and O–H groups in total.